The van der Waals surface area contributed by atoms with Crippen molar-refractivity contribution in [2.24, 2.45) is 0 Å². The Morgan fingerprint density at radius 3 is 2.75 bits per heavy atom. The number of anilines is 1. The maximum Gasteiger partial charge on any atom is 0.199 e. The number of para-hydroxylation sites is 1. The average Bonchev–Trinajstić information content (AvgIpc) is 2.75. The lowest BCUT2D eigenvalue weighted by atomic mass is 10.2. The standard InChI is InChI=1S/C15H10Cl2FNO/c16-12-6-5-9(18)7-13(12)19-8-11-10-3-1-2-4-14(10)20-15(11)17/h1-7,19H,8H2. The van der Waals surface area contributed by atoms with Crippen molar-refractivity contribution >= 4 is 39.9 Å². The molecule has 1 heterocycles. The van der Waals surface area contributed by atoms with Gasteiger partial charge in [-0.1, -0.05) is 29.8 Å². The highest BCUT2D eigenvalue weighted by atomic mass is 35.5. The molecule has 1 aromatic heterocycles. The maximum atomic E-state index is 13.2. The van der Waals surface area contributed by atoms with E-state index in [-0.39, 0.29) is 5.82 Å². The Hall–Kier alpha value is -1.71. The van der Waals surface area contributed by atoms with Crippen LogP contribution in [-0.2, 0) is 6.54 Å². The fourth-order valence-electron chi connectivity index (χ4n) is 2.05. The number of nitrogens with one attached hydrogen (secondary N) is 1. The van der Waals surface area contributed by atoms with Crippen LogP contribution in [0, 0.1) is 5.82 Å². The highest BCUT2D eigenvalue weighted by molar-refractivity contribution is 6.33. The summed E-state index contributed by atoms with van der Waals surface area (Å²) in [5.41, 5.74) is 2.07. The van der Waals surface area contributed by atoms with Crippen LogP contribution < -0.4 is 5.32 Å². The Labute approximate surface area is 125 Å². The van der Waals surface area contributed by atoms with Gasteiger partial charge in [0.2, 0.25) is 0 Å². The lowest BCUT2D eigenvalue weighted by Gasteiger charge is -2.07. The van der Waals surface area contributed by atoms with Crippen LogP contribution in [-0.4, -0.2) is 0 Å². The van der Waals surface area contributed by atoms with Crippen LogP contribution in [0.1, 0.15) is 5.56 Å². The molecule has 0 radical (unpaired) electrons. The average molecular weight is 310 g/mol. The molecule has 0 spiro atoms. The molecule has 3 rings (SSSR count). The van der Waals surface area contributed by atoms with Crippen LogP contribution in [0.25, 0.3) is 11.0 Å². The molecule has 1 N–H and O–H groups in total. The van der Waals surface area contributed by atoms with Crippen molar-refractivity contribution in [2.45, 2.75) is 6.54 Å². The topological polar surface area (TPSA) is 25.2 Å². The summed E-state index contributed by atoms with van der Waals surface area (Å²) in [5, 5.41) is 4.78. The largest absolute Gasteiger partial charge is 0.444 e. The van der Waals surface area contributed by atoms with Crippen LogP contribution in [0.5, 0.6) is 0 Å². The van der Waals surface area contributed by atoms with E-state index in [1.165, 1.54) is 18.2 Å². The Morgan fingerprint density at radius 2 is 1.90 bits per heavy atom. The van der Waals surface area contributed by atoms with E-state index < -0.39 is 0 Å². The van der Waals surface area contributed by atoms with E-state index >= 15 is 0 Å². The van der Waals surface area contributed by atoms with Gasteiger partial charge in [-0.25, -0.2) is 4.39 Å². The second-order valence-electron chi connectivity index (χ2n) is 4.33. The molecule has 20 heavy (non-hydrogen) atoms. The number of furan rings is 1. The van der Waals surface area contributed by atoms with Crippen molar-refractivity contribution in [3.8, 4) is 0 Å². The second-order valence-corrected chi connectivity index (χ2v) is 5.08. The summed E-state index contributed by atoms with van der Waals surface area (Å²) >= 11 is 12.1. The van der Waals surface area contributed by atoms with E-state index in [4.69, 9.17) is 27.6 Å². The van der Waals surface area contributed by atoms with Gasteiger partial charge in [-0.05, 0) is 35.9 Å². The number of benzene rings is 2. The molecule has 0 aliphatic carbocycles. The third-order valence-electron chi connectivity index (χ3n) is 3.03. The minimum atomic E-state index is -0.347. The van der Waals surface area contributed by atoms with Gasteiger partial charge in [0.1, 0.15) is 11.4 Å². The van der Waals surface area contributed by atoms with Gasteiger partial charge in [0.15, 0.2) is 5.22 Å². The smallest absolute Gasteiger partial charge is 0.199 e. The first kappa shape index (κ1) is 13.3. The van der Waals surface area contributed by atoms with Crippen LogP contribution in [0.3, 0.4) is 0 Å². The molecule has 3 aromatic rings. The van der Waals surface area contributed by atoms with Gasteiger partial charge in [-0.2, -0.15) is 0 Å². The van der Waals surface area contributed by atoms with Crippen LogP contribution in [0.15, 0.2) is 46.9 Å². The van der Waals surface area contributed by atoms with E-state index in [1.807, 2.05) is 24.3 Å². The molecule has 0 saturated heterocycles. The highest BCUT2D eigenvalue weighted by Gasteiger charge is 2.12. The molecule has 0 atom stereocenters. The summed E-state index contributed by atoms with van der Waals surface area (Å²) < 4.78 is 18.7. The number of fused-ring (bicyclic) bond motifs is 1. The van der Waals surface area contributed by atoms with Gasteiger partial charge < -0.3 is 9.73 Å². The molecule has 0 unspecified atom stereocenters. The van der Waals surface area contributed by atoms with Crippen molar-refractivity contribution < 1.29 is 8.81 Å². The minimum absolute atomic E-state index is 0.325. The molecule has 2 nitrogen and oxygen atoms in total. The predicted molar refractivity (Wildman–Crippen MR) is 80.0 cm³/mol. The summed E-state index contributed by atoms with van der Waals surface area (Å²) in [6.45, 7) is 0.402. The van der Waals surface area contributed by atoms with Gasteiger partial charge in [-0.3, -0.25) is 0 Å². The van der Waals surface area contributed by atoms with Gasteiger partial charge in [0.25, 0.3) is 0 Å². The van der Waals surface area contributed by atoms with Crippen molar-refractivity contribution in [3.05, 3.63) is 64.1 Å². The Morgan fingerprint density at radius 1 is 1.10 bits per heavy atom. The molecular weight excluding hydrogens is 300 g/mol. The summed E-state index contributed by atoms with van der Waals surface area (Å²) in [6, 6.07) is 11.7. The van der Waals surface area contributed by atoms with Crippen LogP contribution >= 0.6 is 23.2 Å². The number of rotatable bonds is 3. The normalized spacial score (nSPS) is 10.9. The molecule has 0 amide bonds. The van der Waals surface area contributed by atoms with E-state index in [2.05, 4.69) is 5.32 Å². The first-order valence-electron chi connectivity index (χ1n) is 6.00. The van der Waals surface area contributed by atoms with E-state index in [0.717, 1.165) is 16.5 Å². The highest BCUT2D eigenvalue weighted by Crippen LogP contribution is 2.31. The third kappa shape index (κ3) is 2.47. The molecule has 102 valence electrons. The van der Waals surface area contributed by atoms with Gasteiger partial charge in [0.05, 0.1) is 10.7 Å². The molecule has 0 fully saturated rings. The third-order valence-corrected chi connectivity index (χ3v) is 3.67. The van der Waals surface area contributed by atoms with Crippen LogP contribution in [0.4, 0.5) is 10.1 Å². The predicted octanol–water partition coefficient (Wildman–Crippen LogP) is 5.49. The second kappa shape index (κ2) is 5.35. The fourth-order valence-corrected chi connectivity index (χ4v) is 2.49. The zero-order chi connectivity index (χ0) is 14.1. The first-order chi connectivity index (χ1) is 9.65. The Bertz CT molecular complexity index is 770. The number of hydrogen-bond donors (Lipinski definition) is 1. The fraction of sp³-hybridized carbons (Fsp3) is 0.0667. The summed E-state index contributed by atoms with van der Waals surface area (Å²) in [4.78, 5) is 0. The van der Waals surface area contributed by atoms with E-state index in [0.29, 0.717) is 22.5 Å². The molecule has 0 saturated carbocycles. The van der Waals surface area contributed by atoms with Gasteiger partial charge in [0, 0.05) is 17.5 Å². The van der Waals surface area contributed by atoms with Crippen molar-refractivity contribution in [2.75, 3.05) is 5.32 Å². The van der Waals surface area contributed by atoms with Crippen molar-refractivity contribution in [1.29, 1.82) is 0 Å². The molecule has 0 bridgehead atoms. The SMILES string of the molecule is Fc1ccc(Cl)c(NCc2c(Cl)oc3ccccc23)c1. The van der Waals surface area contributed by atoms with E-state index in [1.54, 1.807) is 0 Å². The zero-order valence-electron chi connectivity index (χ0n) is 10.3. The van der Waals surface area contributed by atoms with Gasteiger partial charge >= 0.3 is 0 Å². The number of hydrogen-bond acceptors (Lipinski definition) is 2. The number of halogens is 3. The minimum Gasteiger partial charge on any atom is -0.444 e. The van der Waals surface area contributed by atoms with Crippen molar-refractivity contribution in [1.82, 2.24) is 0 Å². The molecule has 2 aromatic carbocycles. The zero-order valence-corrected chi connectivity index (χ0v) is 11.8. The summed E-state index contributed by atoms with van der Waals surface area (Å²) in [6.07, 6.45) is 0. The summed E-state index contributed by atoms with van der Waals surface area (Å²) in [7, 11) is 0. The monoisotopic (exact) mass is 309 g/mol. The quantitative estimate of drug-likeness (QED) is 0.692. The maximum absolute atomic E-state index is 13.2. The first-order valence-corrected chi connectivity index (χ1v) is 6.75. The molecule has 0 aliphatic rings. The molecule has 5 heteroatoms. The van der Waals surface area contributed by atoms with E-state index in [9.17, 15) is 4.39 Å². The van der Waals surface area contributed by atoms with Gasteiger partial charge in [-0.15, -0.1) is 0 Å². The molecule has 0 aliphatic heterocycles. The lowest BCUT2D eigenvalue weighted by Crippen LogP contribution is -2.00. The lowest BCUT2D eigenvalue weighted by molar-refractivity contribution is 0.613. The molecular formula is C15H10Cl2FNO. The summed E-state index contributed by atoms with van der Waals surface area (Å²) in [5.74, 6) is -0.347. The van der Waals surface area contributed by atoms with Crippen molar-refractivity contribution in [3.63, 3.8) is 0 Å². The van der Waals surface area contributed by atoms with Crippen LogP contribution in [0.2, 0.25) is 10.2 Å². The Kier molecular flexibility index (Phi) is 3.55. The Balaban J connectivity index is 1.90.